The van der Waals surface area contributed by atoms with Crippen LogP contribution in [0.5, 0.6) is 5.75 Å². The number of nitrogens with zero attached hydrogens (tertiary/aromatic N) is 1. The normalized spacial score (nSPS) is 25.0. The first-order valence-electron chi connectivity index (χ1n) is 16.5. The van der Waals surface area contributed by atoms with Crippen molar-refractivity contribution in [1.29, 1.82) is 0 Å². The zero-order chi connectivity index (χ0) is 33.0. The Labute approximate surface area is 281 Å². The van der Waals surface area contributed by atoms with E-state index in [4.69, 9.17) is 26.8 Å². The Kier molecular flexibility index (Phi) is 11.3. The standard InChI is InChI=1S/C36H48ClN3O5S/c1-5-34(41)39-46(43)24(3)23(2)8-6-10-32(44-4)29-14-11-27(29)20-40-21-36(17-7-9-25-18-28(37)13-15-30(25)36)22-45-33-16-12-26(35(38)42)19-31(33)40/h6,10,12-13,15-16,18-19,23-24,27,29,32H,5,7-9,11,14,17,20-22H2,1-4H3,(H2,38,42)(H,39,41)/b10-6+. The predicted molar refractivity (Wildman–Crippen MR) is 185 cm³/mol. The fourth-order valence-corrected chi connectivity index (χ4v) is 8.59. The highest BCUT2D eigenvalue weighted by Gasteiger charge is 2.44. The maximum Gasteiger partial charge on any atom is 0.260 e. The Morgan fingerprint density at radius 3 is 2.76 bits per heavy atom. The number of carbonyl (C=O) groups is 2. The number of anilines is 1. The van der Waals surface area contributed by atoms with Crippen molar-refractivity contribution >= 4 is 40.5 Å². The van der Waals surface area contributed by atoms with Gasteiger partial charge in [-0.2, -0.15) is 4.72 Å². The lowest BCUT2D eigenvalue weighted by molar-refractivity contribution is -0.119. The van der Waals surface area contributed by atoms with Crippen molar-refractivity contribution in [1.82, 2.24) is 4.72 Å². The van der Waals surface area contributed by atoms with Gasteiger partial charge in [-0.3, -0.25) is 9.59 Å². The number of nitrogens with one attached hydrogen (secondary N) is 1. The number of ether oxygens (including phenoxy) is 2. The lowest BCUT2D eigenvalue weighted by Crippen LogP contribution is -2.49. The molecule has 2 aliphatic carbocycles. The molecule has 2 amide bonds. The van der Waals surface area contributed by atoms with Gasteiger partial charge in [0.15, 0.2) is 0 Å². The number of hydrogen-bond acceptors (Lipinski definition) is 6. The molecule has 1 aliphatic heterocycles. The third-order valence-corrected chi connectivity index (χ3v) is 12.3. The Balaban J connectivity index is 1.34. The molecule has 3 N–H and O–H groups in total. The summed E-state index contributed by atoms with van der Waals surface area (Å²) < 4.78 is 27.7. The number of fused-ring (bicyclic) bond motifs is 3. The summed E-state index contributed by atoms with van der Waals surface area (Å²) in [5.74, 6) is 0.976. The second kappa shape index (κ2) is 15.0. The number of aryl methyl sites for hydroxylation is 1. The summed E-state index contributed by atoms with van der Waals surface area (Å²) in [6.45, 7) is 7.87. The summed E-state index contributed by atoms with van der Waals surface area (Å²) in [5, 5.41) is 0.592. The summed E-state index contributed by atoms with van der Waals surface area (Å²) in [6, 6.07) is 11.8. The molecule has 2 aromatic carbocycles. The molecule has 1 saturated carbocycles. The van der Waals surface area contributed by atoms with Gasteiger partial charge in [0.05, 0.1) is 29.8 Å². The van der Waals surface area contributed by atoms with E-state index < -0.39 is 17.3 Å². The molecule has 0 aromatic heterocycles. The number of nitrogens with two attached hydrogens (primary N) is 1. The van der Waals surface area contributed by atoms with Crippen molar-refractivity contribution in [3.63, 3.8) is 0 Å². The minimum Gasteiger partial charge on any atom is -0.593 e. The number of rotatable bonds is 12. The number of benzene rings is 2. The van der Waals surface area contributed by atoms with E-state index in [9.17, 15) is 14.1 Å². The molecule has 7 atom stereocenters. The van der Waals surface area contributed by atoms with Gasteiger partial charge < -0.3 is 24.7 Å². The molecule has 2 aromatic rings. The Hall–Kier alpha value is -2.72. The van der Waals surface area contributed by atoms with Crippen LogP contribution in [0.4, 0.5) is 5.69 Å². The maximum atomic E-state index is 12.6. The molecule has 1 spiro atoms. The summed E-state index contributed by atoms with van der Waals surface area (Å²) in [6.07, 6.45) is 10.5. The highest BCUT2D eigenvalue weighted by molar-refractivity contribution is 7.90. The molecule has 7 unspecified atom stereocenters. The Morgan fingerprint density at radius 2 is 2.07 bits per heavy atom. The van der Waals surface area contributed by atoms with E-state index in [1.807, 2.05) is 25.1 Å². The molecule has 250 valence electrons. The molecule has 0 saturated heterocycles. The van der Waals surface area contributed by atoms with Gasteiger partial charge in [-0.1, -0.05) is 43.7 Å². The first kappa shape index (κ1) is 34.6. The molecule has 8 nitrogen and oxygen atoms in total. The fourth-order valence-electron chi connectivity index (χ4n) is 7.31. The van der Waals surface area contributed by atoms with Gasteiger partial charge in [0.25, 0.3) is 5.91 Å². The number of hydrogen-bond donors (Lipinski definition) is 2. The number of carbonyl (C=O) groups excluding carboxylic acids is 2. The van der Waals surface area contributed by atoms with Crippen LogP contribution in [-0.4, -0.2) is 54.5 Å². The average molecular weight is 670 g/mol. The van der Waals surface area contributed by atoms with Gasteiger partial charge >= 0.3 is 0 Å². The zero-order valence-electron chi connectivity index (χ0n) is 27.4. The van der Waals surface area contributed by atoms with Gasteiger partial charge in [-0.05, 0) is 98.7 Å². The number of primary amides is 1. The summed E-state index contributed by atoms with van der Waals surface area (Å²) >= 11 is 5.00. The monoisotopic (exact) mass is 669 g/mol. The largest absolute Gasteiger partial charge is 0.593 e. The maximum absolute atomic E-state index is 12.6. The third kappa shape index (κ3) is 7.53. The number of halogens is 1. The van der Waals surface area contributed by atoms with Gasteiger partial charge in [0.1, 0.15) is 11.0 Å². The van der Waals surface area contributed by atoms with Crippen LogP contribution >= 0.6 is 11.6 Å². The Morgan fingerprint density at radius 1 is 1.26 bits per heavy atom. The summed E-state index contributed by atoms with van der Waals surface area (Å²) in [7, 11) is 1.76. The second-order valence-corrected chi connectivity index (χ2v) is 15.4. The average Bonchev–Trinajstić information content (AvgIpc) is 3.18. The lowest BCUT2D eigenvalue weighted by atomic mass is 9.68. The van der Waals surface area contributed by atoms with Crippen molar-refractivity contribution < 1.29 is 23.6 Å². The highest BCUT2D eigenvalue weighted by Crippen LogP contribution is 2.47. The van der Waals surface area contributed by atoms with Crippen LogP contribution in [0, 0.1) is 17.8 Å². The molecule has 0 radical (unpaired) electrons. The molecule has 1 heterocycles. The molecule has 5 rings (SSSR count). The molecule has 0 bridgehead atoms. The second-order valence-electron chi connectivity index (χ2n) is 13.4. The quantitative estimate of drug-likeness (QED) is 0.208. The van der Waals surface area contributed by atoms with Crippen LogP contribution in [0.15, 0.2) is 48.6 Å². The van der Waals surface area contributed by atoms with Crippen LogP contribution in [0.2, 0.25) is 5.02 Å². The van der Waals surface area contributed by atoms with E-state index >= 15 is 0 Å². The predicted octanol–water partition coefficient (Wildman–Crippen LogP) is 6.11. The first-order valence-corrected chi connectivity index (χ1v) is 18.1. The molecule has 1 fully saturated rings. The number of methoxy groups -OCH3 is 1. The van der Waals surface area contributed by atoms with Crippen LogP contribution in [-0.2, 0) is 32.7 Å². The van der Waals surface area contributed by atoms with E-state index in [1.165, 1.54) is 11.1 Å². The van der Waals surface area contributed by atoms with E-state index in [1.54, 1.807) is 20.1 Å². The topological polar surface area (TPSA) is 117 Å². The molecular weight excluding hydrogens is 622 g/mol. The van der Waals surface area contributed by atoms with Crippen molar-refractivity contribution in [3.8, 4) is 5.75 Å². The molecule has 46 heavy (non-hydrogen) atoms. The van der Waals surface area contributed by atoms with Gasteiger partial charge in [0.2, 0.25) is 5.91 Å². The minimum absolute atomic E-state index is 0.0438. The van der Waals surface area contributed by atoms with Gasteiger partial charge in [-0.25, -0.2) is 0 Å². The number of allylic oxidation sites excluding steroid dienone is 1. The van der Waals surface area contributed by atoms with E-state index in [0.717, 1.165) is 68.1 Å². The molecular formula is C36H48ClN3O5S. The smallest absolute Gasteiger partial charge is 0.260 e. The first-order chi connectivity index (χ1) is 22.0. The van der Waals surface area contributed by atoms with E-state index in [-0.39, 0.29) is 28.6 Å². The Bertz CT molecular complexity index is 1440. The number of amides is 2. The van der Waals surface area contributed by atoms with Crippen LogP contribution in [0.25, 0.3) is 0 Å². The van der Waals surface area contributed by atoms with E-state index in [0.29, 0.717) is 30.4 Å². The fraction of sp³-hybridized carbons (Fsp3) is 0.556. The van der Waals surface area contributed by atoms with Crippen LogP contribution in [0.1, 0.15) is 80.8 Å². The third-order valence-electron chi connectivity index (χ3n) is 10.5. The van der Waals surface area contributed by atoms with Crippen LogP contribution in [0.3, 0.4) is 0 Å². The highest BCUT2D eigenvalue weighted by atomic mass is 35.5. The van der Waals surface area contributed by atoms with Gasteiger partial charge in [-0.15, -0.1) is 0 Å². The van der Waals surface area contributed by atoms with E-state index in [2.05, 4.69) is 40.8 Å². The molecule has 10 heteroatoms. The lowest BCUT2D eigenvalue weighted by Gasteiger charge is -2.46. The summed E-state index contributed by atoms with van der Waals surface area (Å²) in [5.41, 5.74) is 9.50. The minimum atomic E-state index is -1.41. The molecule has 3 aliphatic rings. The van der Waals surface area contributed by atoms with Gasteiger partial charge in [0, 0.05) is 48.5 Å². The van der Waals surface area contributed by atoms with Crippen molar-refractivity contribution in [2.24, 2.45) is 23.5 Å². The van der Waals surface area contributed by atoms with Crippen molar-refractivity contribution in [3.05, 3.63) is 70.3 Å². The SMILES string of the molecule is CCC(=O)N[S+]([O-])C(C)C(C)C/C=C/C(OC)C1CCC1CN1CC2(CCCc3cc(Cl)ccc32)COc2ccc(C(N)=O)cc21. The van der Waals surface area contributed by atoms with Crippen molar-refractivity contribution in [2.45, 2.75) is 82.5 Å². The van der Waals surface area contributed by atoms with Crippen LogP contribution < -0.4 is 20.1 Å². The zero-order valence-corrected chi connectivity index (χ0v) is 29.0. The summed E-state index contributed by atoms with van der Waals surface area (Å²) in [4.78, 5) is 26.3. The van der Waals surface area contributed by atoms with Crippen molar-refractivity contribution in [2.75, 3.05) is 31.7 Å².